The van der Waals surface area contributed by atoms with Gasteiger partial charge in [0, 0.05) is 49.7 Å². The van der Waals surface area contributed by atoms with Gasteiger partial charge >= 0.3 is 5.97 Å². The first-order valence-corrected chi connectivity index (χ1v) is 16.0. The van der Waals surface area contributed by atoms with Crippen LogP contribution in [0.3, 0.4) is 0 Å². The average Bonchev–Trinajstić information content (AvgIpc) is 3.62. The van der Waals surface area contributed by atoms with Crippen molar-refractivity contribution in [1.82, 2.24) is 9.47 Å². The topological polar surface area (TPSA) is 87.5 Å². The Morgan fingerprint density at radius 2 is 1.65 bits per heavy atom. The van der Waals surface area contributed by atoms with Crippen LogP contribution in [0.4, 0.5) is 11.4 Å². The SMILES string of the molecule is CN(C)CC(=O)N(C)c1ccc(N2CCOCC2)c(COc2ccc(-c3c(-c4ccccc4)c4sc(C(=O)O)cc4n3C)cc2)c1. The molecule has 10 heteroatoms. The minimum Gasteiger partial charge on any atom is -0.489 e. The number of benzene rings is 3. The molecule has 1 fully saturated rings. The van der Waals surface area contributed by atoms with Gasteiger partial charge in [-0.25, -0.2) is 4.79 Å². The van der Waals surface area contributed by atoms with Crippen molar-refractivity contribution in [2.75, 3.05) is 63.8 Å². The Hall–Kier alpha value is -4.64. The van der Waals surface area contributed by atoms with Crippen LogP contribution in [0.25, 0.3) is 32.6 Å². The molecule has 5 aromatic rings. The summed E-state index contributed by atoms with van der Waals surface area (Å²) in [6, 6.07) is 26.0. The predicted molar refractivity (Wildman–Crippen MR) is 184 cm³/mol. The number of carbonyl (C=O) groups excluding carboxylic acids is 1. The van der Waals surface area contributed by atoms with Gasteiger partial charge in [-0.2, -0.15) is 0 Å². The van der Waals surface area contributed by atoms with E-state index in [1.54, 1.807) is 18.0 Å². The molecule has 46 heavy (non-hydrogen) atoms. The number of aryl methyl sites for hydroxylation is 1. The van der Waals surface area contributed by atoms with Crippen molar-refractivity contribution in [2.45, 2.75) is 6.61 Å². The van der Waals surface area contributed by atoms with Gasteiger partial charge in [0.15, 0.2) is 0 Å². The molecule has 3 heterocycles. The number of thiophene rings is 1. The molecule has 6 rings (SSSR count). The maximum Gasteiger partial charge on any atom is 0.345 e. The van der Waals surface area contributed by atoms with Gasteiger partial charge in [-0.15, -0.1) is 11.3 Å². The lowest BCUT2D eigenvalue weighted by Crippen LogP contribution is -2.37. The number of anilines is 2. The number of hydrogen-bond acceptors (Lipinski definition) is 7. The summed E-state index contributed by atoms with van der Waals surface area (Å²) in [6.45, 7) is 3.59. The predicted octanol–water partition coefficient (Wildman–Crippen LogP) is 6.21. The third kappa shape index (κ3) is 6.37. The molecule has 0 atom stereocenters. The summed E-state index contributed by atoms with van der Waals surface area (Å²) >= 11 is 1.30. The number of carbonyl (C=O) groups is 2. The highest BCUT2D eigenvalue weighted by molar-refractivity contribution is 7.21. The fraction of sp³-hybridized carbons (Fsp3) is 0.278. The number of hydrogen-bond donors (Lipinski definition) is 1. The molecule has 0 spiro atoms. The van der Waals surface area contributed by atoms with Crippen molar-refractivity contribution >= 4 is 44.8 Å². The van der Waals surface area contributed by atoms with Crippen LogP contribution in [0.5, 0.6) is 5.75 Å². The van der Waals surface area contributed by atoms with Gasteiger partial charge in [-0.1, -0.05) is 30.3 Å². The van der Waals surface area contributed by atoms with Gasteiger partial charge in [0.2, 0.25) is 5.91 Å². The van der Waals surface area contributed by atoms with Crippen molar-refractivity contribution < 1.29 is 24.2 Å². The van der Waals surface area contributed by atoms with E-state index in [1.165, 1.54) is 11.3 Å². The van der Waals surface area contributed by atoms with E-state index in [0.29, 0.717) is 31.2 Å². The number of carboxylic acids is 1. The number of aromatic carboxylic acids is 1. The summed E-state index contributed by atoms with van der Waals surface area (Å²) in [7, 11) is 7.55. The number of rotatable bonds is 10. The normalized spacial score (nSPS) is 13.4. The van der Waals surface area contributed by atoms with Gasteiger partial charge in [-0.3, -0.25) is 4.79 Å². The maximum atomic E-state index is 12.8. The second kappa shape index (κ2) is 13.4. The van der Waals surface area contributed by atoms with Crippen LogP contribution < -0.4 is 14.5 Å². The van der Waals surface area contributed by atoms with Gasteiger partial charge in [0.05, 0.1) is 35.7 Å². The van der Waals surface area contributed by atoms with Crippen molar-refractivity contribution in [1.29, 1.82) is 0 Å². The zero-order chi connectivity index (χ0) is 32.4. The van der Waals surface area contributed by atoms with Crippen LogP contribution in [0.15, 0.2) is 78.9 Å². The summed E-state index contributed by atoms with van der Waals surface area (Å²) in [5, 5.41) is 9.66. The standard InChI is InChI=1S/C36H38N4O5S/c1-37(2)22-32(41)38(3)27-12-15-29(40-16-18-44-19-17-40)26(20-27)23-45-28-13-10-25(11-14-28)34-33(24-8-6-5-7-9-24)35-30(39(34)4)21-31(46-35)36(42)43/h5-15,20-21H,16-19,22-23H2,1-4H3,(H,42,43). The molecule has 3 aromatic carbocycles. The first kappa shape index (κ1) is 31.3. The quantitative estimate of drug-likeness (QED) is 0.195. The van der Waals surface area contributed by atoms with Crippen molar-refractivity contribution in [3.63, 3.8) is 0 Å². The molecule has 1 saturated heterocycles. The van der Waals surface area contributed by atoms with Crippen LogP contribution >= 0.6 is 11.3 Å². The summed E-state index contributed by atoms with van der Waals surface area (Å²) in [5.74, 6) is -0.178. The molecule has 0 aliphatic carbocycles. The van der Waals surface area contributed by atoms with Crippen LogP contribution in [0.1, 0.15) is 15.2 Å². The number of nitrogens with zero attached hydrogens (tertiary/aromatic N) is 4. The highest BCUT2D eigenvalue weighted by atomic mass is 32.1. The van der Waals surface area contributed by atoms with Gasteiger partial charge in [-0.05, 0) is 73.8 Å². The molecule has 0 radical (unpaired) electrons. The van der Waals surface area contributed by atoms with E-state index in [2.05, 4.69) is 27.7 Å². The molecule has 9 nitrogen and oxygen atoms in total. The summed E-state index contributed by atoms with van der Waals surface area (Å²) in [4.78, 5) is 30.8. The summed E-state index contributed by atoms with van der Waals surface area (Å²) in [6.07, 6.45) is 0. The highest BCUT2D eigenvalue weighted by Crippen LogP contribution is 2.44. The van der Waals surface area contributed by atoms with E-state index >= 15 is 0 Å². The fourth-order valence-electron chi connectivity index (χ4n) is 5.92. The summed E-state index contributed by atoms with van der Waals surface area (Å²) < 4.78 is 15.0. The molecule has 238 valence electrons. The van der Waals surface area contributed by atoms with Gasteiger partial charge in [0.1, 0.15) is 17.2 Å². The second-order valence-electron chi connectivity index (χ2n) is 11.7. The Morgan fingerprint density at radius 1 is 0.935 bits per heavy atom. The molecule has 0 bridgehead atoms. The molecular weight excluding hydrogens is 600 g/mol. The molecule has 1 aliphatic rings. The van der Waals surface area contributed by atoms with Crippen LogP contribution in [0, 0.1) is 0 Å². The molecule has 2 aromatic heterocycles. The smallest absolute Gasteiger partial charge is 0.345 e. The largest absolute Gasteiger partial charge is 0.489 e. The van der Waals surface area contributed by atoms with Crippen LogP contribution in [-0.2, 0) is 23.2 Å². The van der Waals surface area contributed by atoms with E-state index in [4.69, 9.17) is 9.47 Å². The van der Waals surface area contributed by atoms with Crippen LogP contribution in [-0.4, -0.2) is 80.4 Å². The van der Waals surface area contributed by atoms with Crippen LogP contribution in [0.2, 0.25) is 0 Å². The molecule has 0 saturated carbocycles. The molecule has 0 unspecified atom stereocenters. The molecule has 1 aliphatic heterocycles. The maximum absolute atomic E-state index is 12.8. The van der Waals surface area contributed by atoms with Gasteiger partial charge in [0.25, 0.3) is 0 Å². The van der Waals surface area contributed by atoms with Crippen molar-refractivity contribution in [2.24, 2.45) is 7.05 Å². The first-order valence-electron chi connectivity index (χ1n) is 15.2. The molecule has 1 N–H and O–H groups in total. The zero-order valence-electron chi connectivity index (χ0n) is 26.5. The Labute approximate surface area is 272 Å². The Bertz CT molecular complexity index is 1860. The lowest BCUT2D eigenvalue weighted by Gasteiger charge is -2.31. The third-order valence-electron chi connectivity index (χ3n) is 8.30. The number of fused-ring (bicyclic) bond motifs is 1. The number of carboxylic acid groups (broad SMARTS) is 1. The highest BCUT2D eigenvalue weighted by Gasteiger charge is 2.23. The average molecular weight is 639 g/mol. The number of morpholine rings is 1. The van der Waals surface area contributed by atoms with E-state index in [-0.39, 0.29) is 5.91 Å². The van der Waals surface area contributed by atoms with Crippen molar-refractivity contribution in [3.05, 3.63) is 89.3 Å². The minimum absolute atomic E-state index is 0.0150. The monoisotopic (exact) mass is 638 g/mol. The van der Waals surface area contributed by atoms with E-state index in [1.807, 2.05) is 80.6 Å². The third-order valence-corrected chi connectivity index (χ3v) is 9.43. The Kier molecular flexibility index (Phi) is 9.12. The van der Waals surface area contributed by atoms with E-state index in [0.717, 1.165) is 68.4 Å². The molecule has 1 amide bonds. The minimum atomic E-state index is -0.919. The Morgan fingerprint density at radius 3 is 2.33 bits per heavy atom. The summed E-state index contributed by atoms with van der Waals surface area (Å²) in [5.41, 5.74) is 7.86. The molecular formula is C36H38N4O5S. The lowest BCUT2D eigenvalue weighted by atomic mass is 10.0. The van der Waals surface area contributed by atoms with Gasteiger partial charge < -0.3 is 33.8 Å². The fourth-order valence-corrected chi connectivity index (χ4v) is 7.02. The number of likely N-dealkylation sites (N-methyl/N-ethyl adjacent to an activating group) is 2. The van der Waals surface area contributed by atoms with E-state index < -0.39 is 5.97 Å². The Balaban J connectivity index is 1.29. The first-order chi connectivity index (χ1) is 22.2. The number of amides is 1. The zero-order valence-corrected chi connectivity index (χ0v) is 27.3. The number of ether oxygens (including phenoxy) is 2. The van der Waals surface area contributed by atoms with Crippen molar-refractivity contribution in [3.8, 4) is 28.1 Å². The second-order valence-corrected chi connectivity index (χ2v) is 12.7. The lowest BCUT2D eigenvalue weighted by molar-refractivity contribution is -0.118. The number of aromatic nitrogens is 1. The van der Waals surface area contributed by atoms with E-state index in [9.17, 15) is 14.7 Å².